The van der Waals surface area contributed by atoms with Crippen LogP contribution in [0.25, 0.3) is 0 Å². The molecule has 0 aromatic heterocycles. The summed E-state index contributed by atoms with van der Waals surface area (Å²) in [5.74, 6) is 0. The zero-order chi connectivity index (χ0) is 10.6. The molecule has 0 spiro atoms. The van der Waals surface area contributed by atoms with E-state index >= 15 is 0 Å². The Morgan fingerprint density at radius 2 is 1.62 bits per heavy atom. The molecule has 0 saturated carbocycles. The Kier molecular flexibility index (Phi) is 5.07. The Labute approximate surface area is 93.5 Å². The Hall–Kier alpha value is 0.0383. The quantitative estimate of drug-likeness (QED) is 0.668. The van der Waals surface area contributed by atoms with Crippen molar-refractivity contribution in [2.24, 2.45) is 5.41 Å². The minimum atomic E-state index is 0.274. The molecular weight excluding hydrogens is 328 g/mol. The third-order valence-corrected chi connectivity index (χ3v) is 3.20. The Balaban J connectivity index is 5.27. The molecular formula is C12H20W. The SMILES string of the molecule is CC=C(C)/C(C)=C(\[CH]=[W])C(C)(C)C. The van der Waals surface area contributed by atoms with Gasteiger partial charge in [-0.1, -0.05) is 0 Å². The predicted octanol–water partition coefficient (Wildman–Crippen LogP) is 3.66. The van der Waals surface area contributed by atoms with Gasteiger partial charge in [0.1, 0.15) is 0 Å². The van der Waals surface area contributed by atoms with Gasteiger partial charge in [0.05, 0.1) is 0 Å². The monoisotopic (exact) mass is 348 g/mol. The fourth-order valence-electron chi connectivity index (χ4n) is 1.26. The molecule has 13 heavy (non-hydrogen) atoms. The zero-order valence-corrected chi connectivity index (χ0v) is 12.5. The molecule has 74 valence electrons. The van der Waals surface area contributed by atoms with Crippen molar-refractivity contribution in [3.8, 4) is 0 Å². The fourth-order valence-corrected chi connectivity index (χ4v) is 3.16. The van der Waals surface area contributed by atoms with E-state index in [0.29, 0.717) is 0 Å². The molecule has 0 nitrogen and oxygen atoms in total. The molecule has 0 radical (unpaired) electrons. The van der Waals surface area contributed by atoms with Crippen molar-refractivity contribution in [1.29, 1.82) is 0 Å². The van der Waals surface area contributed by atoms with Crippen molar-refractivity contribution >= 4 is 4.40 Å². The van der Waals surface area contributed by atoms with Gasteiger partial charge in [-0.2, -0.15) is 0 Å². The van der Waals surface area contributed by atoms with Gasteiger partial charge in [-0.05, 0) is 0 Å². The van der Waals surface area contributed by atoms with Crippen LogP contribution in [0, 0.1) is 5.41 Å². The molecule has 0 aromatic rings. The molecule has 0 unspecified atom stereocenters. The molecule has 0 rings (SSSR count). The van der Waals surface area contributed by atoms with E-state index in [9.17, 15) is 0 Å². The zero-order valence-electron chi connectivity index (χ0n) is 9.56. The summed E-state index contributed by atoms with van der Waals surface area (Å²) in [6, 6.07) is 0. The Morgan fingerprint density at radius 1 is 1.15 bits per heavy atom. The number of hydrogen-bond donors (Lipinski definition) is 0. The number of rotatable bonds is 2. The van der Waals surface area contributed by atoms with Crippen molar-refractivity contribution in [1.82, 2.24) is 0 Å². The number of allylic oxidation sites excluding steroid dienone is 4. The molecule has 0 aromatic carbocycles. The molecule has 0 aliphatic rings. The first-order chi connectivity index (χ1) is 5.84. The number of hydrogen-bond acceptors (Lipinski definition) is 0. The molecule has 0 atom stereocenters. The van der Waals surface area contributed by atoms with Crippen LogP contribution >= 0.6 is 0 Å². The minimum absolute atomic E-state index is 0.274. The third-order valence-electron chi connectivity index (χ3n) is 2.35. The van der Waals surface area contributed by atoms with Gasteiger partial charge in [0.15, 0.2) is 0 Å². The van der Waals surface area contributed by atoms with Crippen LogP contribution in [0.1, 0.15) is 41.5 Å². The first-order valence-corrected chi connectivity index (χ1v) is 6.33. The van der Waals surface area contributed by atoms with Crippen LogP contribution in [0.15, 0.2) is 22.8 Å². The van der Waals surface area contributed by atoms with Crippen LogP contribution in [0.5, 0.6) is 0 Å². The maximum absolute atomic E-state index is 2.31. The average Bonchev–Trinajstić information content (AvgIpc) is 2.01. The van der Waals surface area contributed by atoms with Gasteiger partial charge < -0.3 is 0 Å². The topological polar surface area (TPSA) is 0 Å². The predicted molar refractivity (Wildman–Crippen MR) is 57.7 cm³/mol. The van der Waals surface area contributed by atoms with E-state index < -0.39 is 0 Å². The first-order valence-electron chi connectivity index (χ1n) is 4.64. The third kappa shape index (κ3) is 3.73. The maximum atomic E-state index is 2.31. The van der Waals surface area contributed by atoms with Crippen LogP contribution in [-0.2, 0) is 19.4 Å². The summed E-state index contributed by atoms with van der Waals surface area (Å²) in [5, 5.41) is 0. The van der Waals surface area contributed by atoms with E-state index in [2.05, 4.69) is 52.0 Å². The standard InChI is InChI=1S/C12H20.W/c1-8-9(2)10(3)11(4)12(5,6)7;/h4,8H,1-3,5-7H3;/b9-8?,11-10+;. The van der Waals surface area contributed by atoms with Crippen molar-refractivity contribution < 1.29 is 19.4 Å². The van der Waals surface area contributed by atoms with Crippen molar-refractivity contribution in [2.75, 3.05) is 0 Å². The van der Waals surface area contributed by atoms with E-state index in [4.69, 9.17) is 0 Å². The van der Waals surface area contributed by atoms with E-state index in [1.54, 1.807) is 0 Å². The van der Waals surface area contributed by atoms with Gasteiger partial charge in [-0.25, -0.2) is 0 Å². The van der Waals surface area contributed by atoms with Crippen molar-refractivity contribution in [3.05, 3.63) is 22.8 Å². The van der Waals surface area contributed by atoms with Gasteiger partial charge in [-0.3, -0.25) is 0 Å². The molecule has 0 N–H and O–H groups in total. The molecule has 0 aliphatic carbocycles. The van der Waals surface area contributed by atoms with Crippen LogP contribution in [-0.4, -0.2) is 4.40 Å². The molecule has 1 heteroatoms. The van der Waals surface area contributed by atoms with Crippen LogP contribution in [0.4, 0.5) is 0 Å². The second kappa shape index (κ2) is 5.05. The summed E-state index contributed by atoms with van der Waals surface area (Å²) in [4.78, 5) is 0. The van der Waals surface area contributed by atoms with Gasteiger partial charge in [0, 0.05) is 0 Å². The van der Waals surface area contributed by atoms with Gasteiger partial charge in [-0.15, -0.1) is 0 Å². The van der Waals surface area contributed by atoms with Crippen LogP contribution in [0.3, 0.4) is 0 Å². The first kappa shape index (κ1) is 13.0. The summed E-state index contributed by atoms with van der Waals surface area (Å²) in [7, 11) is 0. The van der Waals surface area contributed by atoms with Crippen molar-refractivity contribution in [2.45, 2.75) is 41.5 Å². The van der Waals surface area contributed by atoms with Crippen LogP contribution in [0.2, 0.25) is 0 Å². The van der Waals surface area contributed by atoms with Gasteiger partial charge in [0.2, 0.25) is 0 Å². The molecule has 0 heterocycles. The van der Waals surface area contributed by atoms with E-state index in [1.165, 1.54) is 36.1 Å². The Morgan fingerprint density at radius 3 is 1.85 bits per heavy atom. The Bertz CT molecular complexity index is 249. The summed E-state index contributed by atoms with van der Waals surface area (Å²) in [5.41, 5.74) is 4.58. The summed E-state index contributed by atoms with van der Waals surface area (Å²) >= 11 is 1.53. The molecule has 0 saturated heterocycles. The van der Waals surface area contributed by atoms with Crippen molar-refractivity contribution in [3.63, 3.8) is 0 Å². The summed E-state index contributed by atoms with van der Waals surface area (Å²) in [6.07, 6.45) is 2.18. The summed E-state index contributed by atoms with van der Waals surface area (Å²) < 4.78 is 2.31. The normalized spacial score (nSPS) is 15.4. The molecule has 0 fully saturated rings. The van der Waals surface area contributed by atoms with Crippen LogP contribution < -0.4 is 0 Å². The summed E-state index contributed by atoms with van der Waals surface area (Å²) in [6.45, 7) is 13.3. The molecule has 0 aliphatic heterocycles. The van der Waals surface area contributed by atoms with E-state index in [1.807, 2.05) is 0 Å². The fraction of sp³-hybridized carbons (Fsp3) is 0.583. The molecule has 0 bridgehead atoms. The average molecular weight is 348 g/mol. The molecule has 0 amide bonds. The second-order valence-electron chi connectivity index (χ2n) is 4.38. The van der Waals surface area contributed by atoms with Gasteiger partial charge >= 0.3 is 93.5 Å². The van der Waals surface area contributed by atoms with E-state index in [0.717, 1.165) is 0 Å². The van der Waals surface area contributed by atoms with E-state index in [-0.39, 0.29) is 5.41 Å². The second-order valence-corrected chi connectivity index (χ2v) is 5.23. The van der Waals surface area contributed by atoms with Gasteiger partial charge in [0.25, 0.3) is 0 Å².